The molecule has 0 spiro atoms. The Hall–Kier alpha value is -0.620. The Morgan fingerprint density at radius 3 is 2.00 bits per heavy atom. The van der Waals surface area contributed by atoms with E-state index in [1.807, 2.05) is 0 Å². The van der Waals surface area contributed by atoms with E-state index in [1.165, 1.54) is 0 Å². The molecule has 6 heteroatoms. The van der Waals surface area contributed by atoms with Crippen LogP contribution in [0.5, 0.6) is 0 Å². The maximum Gasteiger partial charge on any atom is 0.307 e. The van der Waals surface area contributed by atoms with Crippen LogP contribution in [-0.4, -0.2) is 42.1 Å². The molecule has 3 aliphatic carbocycles. The number of nitrogens with zero attached hydrogens (tertiary/aromatic N) is 1. The third kappa shape index (κ3) is 3.01. The minimum absolute atomic E-state index is 0.500. The summed E-state index contributed by atoms with van der Waals surface area (Å²) in [5, 5.41) is 8.54. The van der Waals surface area contributed by atoms with Gasteiger partial charge in [-0.3, -0.25) is 4.79 Å². The Bertz CT molecular complexity index is 467. The van der Waals surface area contributed by atoms with Crippen LogP contribution >= 0.6 is 0 Å². The maximum absolute atomic E-state index is 12.8. The first kappa shape index (κ1) is 14.3. The monoisotopic (exact) mass is 301 g/mol. The predicted octanol–water partition coefficient (Wildman–Crippen LogP) is 1.69. The summed E-state index contributed by atoms with van der Waals surface area (Å²) in [6.45, 7) is 1.23. The predicted molar refractivity (Wildman–Crippen MR) is 74.7 cm³/mol. The van der Waals surface area contributed by atoms with Crippen LogP contribution in [0.3, 0.4) is 0 Å². The van der Waals surface area contributed by atoms with Crippen molar-refractivity contribution in [3.8, 4) is 0 Å². The lowest BCUT2D eigenvalue weighted by Crippen LogP contribution is -2.44. The molecule has 3 saturated carbocycles. The molecular weight excluding hydrogens is 278 g/mol. The van der Waals surface area contributed by atoms with Gasteiger partial charge in [-0.2, -0.15) is 0 Å². The quantitative estimate of drug-likeness (QED) is 0.776. The van der Waals surface area contributed by atoms with E-state index in [9.17, 15) is 18.3 Å². The highest BCUT2D eigenvalue weighted by atomic mass is 32.2. The fourth-order valence-electron chi connectivity index (χ4n) is 3.22. The van der Waals surface area contributed by atoms with E-state index in [2.05, 4.69) is 0 Å². The Kier molecular flexibility index (Phi) is 3.79. The number of hydrogen-bond acceptors (Lipinski definition) is 3. The highest BCUT2D eigenvalue weighted by Gasteiger charge is 2.46. The number of sulfonamides is 1. The Morgan fingerprint density at radius 2 is 1.55 bits per heavy atom. The van der Waals surface area contributed by atoms with Gasteiger partial charge < -0.3 is 5.11 Å². The topological polar surface area (TPSA) is 74.7 Å². The summed E-state index contributed by atoms with van der Waals surface area (Å²) in [5.41, 5.74) is 0. The number of hydrogen-bond donors (Lipinski definition) is 1. The molecule has 2 unspecified atom stereocenters. The fraction of sp³-hybridized carbons (Fsp3) is 0.929. The van der Waals surface area contributed by atoms with E-state index in [0.29, 0.717) is 44.2 Å². The molecule has 1 N–H and O–H groups in total. The molecule has 0 bridgehead atoms. The molecule has 0 heterocycles. The average Bonchev–Trinajstić information content (AvgIpc) is 3.30. The van der Waals surface area contributed by atoms with Crippen molar-refractivity contribution in [3.05, 3.63) is 0 Å². The van der Waals surface area contributed by atoms with Crippen molar-refractivity contribution in [2.45, 2.75) is 50.2 Å². The minimum Gasteiger partial charge on any atom is -0.481 e. The van der Waals surface area contributed by atoms with E-state index >= 15 is 0 Å². The Balaban J connectivity index is 1.76. The van der Waals surface area contributed by atoms with Gasteiger partial charge in [0, 0.05) is 13.1 Å². The highest BCUT2D eigenvalue weighted by Crippen LogP contribution is 2.38. The molecule has 0 aromatic heterocycles. The van der Waals surface area contributed by atoms with Crippen LogP contribution in [-0.2, 0) is 14.8 Å². The normalized spacial score (nSPS) is 30.9. The zero-order chi connectivity index (χ0) is 14.3. The summed E-state index contributed by atoms with van der Waals surface area (Å²) in [6.07, 6.45) is 6.17. The van der Waals surface area contributed by atoms with Crippen molar-refractivity contribution in [1.29, 1.82) is 0 Å². The van der Waals surface area contributed by atoms with E-state index in [4.69, 9.17) is 0 Å². The maximum atomic E-state index is 12.8. The molecule has 2 atom stereocenters. The molecule has 3 aliphatic rings. The average molecular weight is 301 g/mol. The van der Waals surface area contributed by atoms with Gasteiger partial charge in [0.15, 0.2) is 0 Å². The van der Waals surface area contributed by atoms with Gasteiger partial charge >= 0.3 is 5.97 Å². The molecule has 114 valence electrons. The van der Waals surface area contributed by atoms with E-state index in [-0.39, 0.29) is 0 Å². The summed E-state index contributed by atoms with van der Waals surface area (Å²) in [6, 6.07) is 0. The molecule has 3 fully saturated rings. The largest absolute Gasteiger partial charge is 0.481 e. The molecule has 0 aliphatic heterocycles. The van der Waals surface area contributed by atoms with E-state index in [1.54, 1.807) is 4.31 Å². The molecule has 0 amide bonds. The Morgan fingerprint density at radius 1 is 1.00 bits per heavy atom. The third-order valence-corrected chi connectivity index (χ3v) is 7.18. The molecule has 0 radical (unpaired) electrons. The van der Waals surface area contributed by atoms with Crippen molar-refractivity contribution in [3.63, 3.8) is 0 Å². The van der Waals surface area contributed by atoms with Crippen LogP contribution in [0.4, 0.5) is 0 Å². The number of aliphatic carboxylic acids is 1. The molecule has 3 rings (SSSR count). The first-order chi connectivity index (χ1) is 9.48. The molecule has 0 saturated heterocycles. The van der Waals surface area contributed by atoms with Crippen LogP contribution in [0.2, 0.25) is 0 Å². The molecule has 0 aromatic carbocycles. The van der Waals surface area contributed by atoms with Gasteiger partial charge in [-0.1, -0.05) is 6.42 Å². The van der Waals surface area contributed by atoms with Crippen LogP contribution in [0.15, 0.2) is 0 Å². The molecular formula is C14H23NO4S. The molecule has 0 aromatic rings. The second kappa shape index (κ2) is 5.30. The van der Waals surface area contributed by atoms with Gasteiger partial charge in [0.1, 0.15) is 0 Å². The summed E-state index contributed by atoms with van der Waals surface area (Å²) in [4.78, 5) is 11.3. The second-order valence-electron chi connectivity index (χ2n) is 6.66. The highest BCUT2D eigenvalue weighted by molar-refractivity contribution is 7.89. The SMILES string of the molecule is O=C(O)C1CCCC1S(=O)(=O)N(CC1CC1)CC1CC1. The van der Waals surface area contributed by atoms with Gasteiger partial charge in [-0.25, -0.2) is 12.7 Å². The van der Waals surface area contributed by atoms with Gasteiger partial charge in [-0.05, 0) is 50.4 Å². The lowest BCUT2D eigenvalue weighted by atomic mass is 10.1. The van der Waals surface area contributed by atoms with Crippen LogP contribution in [0.1, 0.15) is 44.9 Å². The first-order valence-corrected chi connectivity index (χ1v) is 9.20. The summed E-state index contributed by atoms with van der Waals surface area (Å²) < 4.78 is 27.3. The summed E-state index contributed by atoms with van der Waals surface area (Å²) in [7, 11) is -3.45. The van der Waals surface area contributed by atoms with Gasteiger partial charge in [0.2, 0.25) is 10.0 Å². The zero-order valence-corrected chi connectivity index (χ0v) is 12.5. The van der Waals surface area contributed by atoms with Crippen molar-refractivity contribution in [2.24, 2.45) is 17.8 Å². The second-order valence-corrected chi connectivity index (χ2v) is 8.81. The lowest BCUT2D eigenvalue weighted by Gasteiger charge is -2.27. The lowest BCUT2D eigenvalue weighted by molar-refractivity contribution is -0.141. The van der Waals surface area contributed by atoms with Crippen LogP contribution in [0.25, 0.3) is 0 Å². The minimum atomic E-state index is -3.45. The van der Waals surface area contributed by atoms with Crippen LogP contribution < -0.4 is 0 Å². The third-order valence-electron chi connectivity index (χ3n) is 4.83. The first-order valence-electron chi connectivity index (χ1n) is 7.70. The number of carboxylic acids is 1. The molecule has 5 nitrogen and oxygen atoms in total. The fourth-order valence-corrected chi connectivity index (χ4v) is 5.57. The smallest absolute Gasteiger partial charge is 0.307 e. The van der Waals surface area contributed by atoms with Crippen molar-refractivity contribution in [2.75, 3.05) is 13.1 Å². The standard InChI is InChI=1S/C14H23NO4S/c16-14(17)12-2-1-3-13(12)20(18,19)15(8-10-4-5-10)9-11-6-7-11/h10-13H,1-9H2,(H,16,17). The number of carboxylic acid groups (broad SMARTS) is 1. The van der Waals surface area contributed by atoms with Crippen molar-refractivity contribution in [1.82, 2.24) is 4.31 Å². The number of rotatable bonds is 7. The molecule has 20 heavy (non-hydrogen) atoms. The van der Waals surface area contributed by atoms with E-state index < -0.39 is 27.2 Å². The summed E-state index contributed by atoms with van der Waals surface area (Å²) in [5.74, 6) is -0.642. The zero-order valence-electron chi connectivity index (χ0n) is 11.7. The van der Waals surface area contributed by atoms with E-state index in [0.717, 1.165) is 25.7 Å². The van der Waals surface area contributed by atoms with Crippen molar-refractivity contribution < 1.29 is 18.3 Å². The number of carbonyl (C=O) groups is 1. The Labute approximate surface area is 120 Å². The van der Waals surface area contributed by atoms with Crippen LogP contribution in [0, 0.1) is 17.8 Å². The van der Waals surface area contributed by atoms with Gasteiger partial charge in [-0.15, -0.1) is 0 Å². The van der Waals surface area contributed by atoms with Gasteiger partial charge in [0.25, 0.3) is 0 Å². The van der Waals surface area contributed by atoms with Gasteiger partial charge in [0.05, 0.1) is 11.2 Å². The van der Waals surface area contributed by atoms with Crippen molar-refractivity contribution >= 4 is 16.0 Å². The summed E-state index contributed by atoms with van der Waals surface area (Å²) >= 11 is 0.